The van der Waals surface area contributed by atoms with Crippen molar-refractivity contribution in [3.63, 3.8) is 0 Å². The molecule has 0 radical (unpaired) electrons. The molecule has 0 unspecified atom stereocenters. The van der Waals surface area contributed by atoms with Crippen LogP contribution in [0.2, 0.25) is 0 Å². The van der Waals surface area contributed by atoms with E-state index < -0.39 is 0 Å². The monoisotopic (exact) mass is 396 g/mol. The lowest BCUT2D eigenvalue weighted by molar-refractivity contribution is -0.142. The van der Waals surface area contributed by atoms with Crippen LogP contribution >= 0.6 is 23.1 Å². The van der Waals surface area contributed by atoms with E-state index in [0.717, 1.165) is 41.3 Å². The Morgan fingerprint density at radius 2 is 1.88 bits per heavy atom. The lowest BCUT2D eigenvalue weighted by Gasteiger charge is -2.35. The lowest BCUT2D eigenvalue weighted by atomic mass is 10.2. The summed E-state index contributed by atoms with van der Waals surface area (Å²) in [5.74, 6) is -0.453. The highest BCUT2D eigenvalue weighted by molar-refractivity contribution is 8.02. The van der Waals surface area contributed by atoms with Gasteiger partial charge in [-0.15, -0.1) is 10.2 Å². The van der Waals surface area contributed by atoms with E-state index in [9.17, 15) is 9.18 Å². The molecule has 0 N–H and O–H groups in total. The Kier molecular flexibility index (Phi) is 6.31. The molecule has 140 valence electrons. The number of hydrogen-bond acceptors (Lipinski definition) is 8. The fourth-order valence-corrected chi connectivity index (χ4v) is 4.68. The predicted octanol–water partition coefficient (Wildman–Crippen LogP) is 3.05. The van der Waals surface area contributed by atoms with Crippen molar-refractivity contribution in [2.75, 3.05) is 42.6 Å². The van der Waals surface area contributed by atoms with Gasteiger partial charge in [-0.25, -0.2) is 4.39 Å². The zero-order valence-corrected chi connectivity index (χ0v) is 16.4. The Labute approximate surface area is 160 Å². The number of ether oxygens (including phenoxy) is 1. The van der Waals surface area contributed by atoms with Crippen LogP contribution in [0.3, 0.4) is 0 Å². The summed E-state index contributed by atoms with van der Waals surface area (Å²) in [6.45, 7) is 7.31. The van der Waals surface area contributed by atoms with Gasteiger partial charge in [-0.2, -0.15) is 0 Å². The number of thioether (sulfide) groups is 1. The Hall–Kier alpha value is -1.87. The van der Waals surface area contributed by atoms with Crippen molar-refractivity contribution < 1.29 is 13.9 Å². The standard InChI is InChI=1S/C17H21FN4O2S2/c1-3-24-15(23)12(2)25-17-20-19-16(26-17)22-10-8-21(9-11-22)14-6-4-13(18)5-7-14/h4-7,12H,3,8-11H2,1-2H3/t12-/m0/s1. The highest BCUT2D eigenvalue weighted by Crippen LogP contribution is 2.32. The van der Waals surface area contributed by atoms with E-state index in [-0.39, 0.29) is 17.0 Å². The van der Waals surface area contributed by atoms with E-state index in [1.807, 2.05) is 19.1 Å². The molecule has 1 aromatic heterocycles. The minimum atomic E-state index is -0.300. The maximum absolute atomic E-state index is 13.1. The fourth-order valence-electron chi connectivity index (χ4n) is 2.64. The predicted molar refractivity (Wildman–Crippen MR) is 103 cm³/mol. The summed E-state index contributed by atoms with van der Waals surface area (Å²) < 4.78 is 18.8. The van der Waals surface area contributed by atoms with Crippen LogP contribution in [-0.2, 0) is 9.53 Å². The van der Waals surface area contributed by atoms with Gasteiger partial charge in [0, 0.05) is 31.9 Å². The van der Waals surface area contributed by atoms with E-state index >= 15 is 0 Å². The number of benzene rings is 1. The molecule has 1 aliphatic heterocycles. The number of aromatic nitrogens is 2. The summed E-state index contributed by atoms with van der Waals surface area (Å²) in [7, 11) is 0. The van der Waals surface area contributed by atoms with Crippen LogP contribution in [0.5, 0.6) is 0 Å². The minimum absolute atomic E-state index is 0.219. The van der Waals surface area contributed by atoms with Crippen LogP contribution in [0.25, 0.3) is 0 Å². The van der Waals surface area contributed by atoms with Gasteiger partial charge < -0.3 is 14.5 Å². The summed E-state index contributed by atoms with van der Waals surface area (Å²) in [4.78, 5) is 16.1. The van der Waals surface area contributed by atoms with Gasteiger partial charge in [-0.1, -0.05) is 23.1 Å². The third kappa shape index (κ3) is 4.64. The molecule has 1 fully saturated rings. The maximum Gasteiger partial charge on any atom is 0.319 e. The van der Waals surface area contributed by atoms with Gasteiger partial charge in [-0.3, -0.25) is 4.79 Å². The lowest BCUT2D eigenvalue weighted by Crippen LogP contribution is -2.46. The summed E-state index contributed by atoms with van der Waals surface area (Å²) in [5.41, 5.74) is 1.03. The SMILES string of the molecule is CCOC(=O)[C@H](C)Sc1nnc(N2CCN(c3ccc(F)cc3)CC2)s1. The number of hydrogen-bond donors (Lipinski definition) is 0. The molecule has 9 heteroatoms. The number of piperazine rings is 1. The molecular weight excluding hydrogens is 375 g/mol. The van der Waals surface area contributed by atoms with Crippen LogP contribution < -0.4 is 9.80 Å². The second-order valence-corrected chi connectivity index (χ2v) is 8.36. The number of carbonyl (C=O) groups is 1. The number of esters is 1. The third-order valence-corrected chi connectivity index (χ3v) is 6.18. The first-order valence-corrected chi connectivity index (χ1v) is 10.2. The Morgan fingerprint density at radius 1 is 1.23 bits per heavy atom. The number of rotatable bonds is 6. The third-order valence-electron chi connectivity index (χ3n) is 4.03. The van der Waals surface area contributed by atoms with Crippen molar-refractivity contribution in [1.82, 2.24) is 10.2 Å². The topological polar surface area (TPSA) is 58.6 Å². The van der Waals surface area contributed by atoms with Crippen LogP contribution in [0.1, 0.15) is 13.8 Å². The van der Waals surface area contributed by atoms with Crippen molar-refractivity contribution in [2.24, 2.45) is 0 Å². The fraction of sp³-hybridized carbons (Fsp3) is 0.471. The first-order chi connectivity index (χ1) is 12.6. The van der Waals surface area contributed by atoms with Crippen molar-refractivity contribution >= 4 is 39.9 Å². The van der Waals surface area contributed by atoms with Gasteiger partial charge in [0.05, 0.1) is 6.61 Å². The van der Waals surface area contributed by atoms with E-state index in [2.05, 4.69) is 20.0 Å². The molecule has 0 spiro atoms. The number of carbonyl (C=O) groups excluding carboxylic acids is 1. The van der Waals surface area contributed by atoms with E-state index in [1.165, 1.54) is 35.2 Å². The first-order valence-electron chi connectivity index (χ1n) is 8.49. The Morgan fingerprint density at radius 3 is 2.54 bits per heavy atom. The van der Waals surface area contributed by atoms with Crippen LogP contribution in [0, 0.1) is 5.82 Å². The first kappa shape index (κ1) is 18.9. The number of anilines is 2. The molecule has 1 atom stereocenters. The van der Waals surface area contributed by atoms with Crippen LogP contribution in [0.4, 0.5) is 15.2 Å². The van der Waals surface area contributed by atoms with Crippen molar-refractivity contribution in [1.29, 1.82) is 0 Å². The molecule has 2 heterocycles. The van der Waals surface area contributed by atoms with Crippen molar-refractivity contribution in [2.45, 2.75) is 23.4 Å². The van der Waals surface area contributed by atoms with Crippen molar-refractivity contribution in [3.05, 3.63) is 30.1 Å². The molecule has 3 rings (SSSR count). The molecule has 6 nitrogen and oxygen atoms in total. The maximum atomic E-state index is 13.1. The number of halogens is 1. The average molecular weight is 397 g/mol. The zero-order valence-electron chi connectivity index (χ0n) is 14.7. The van der Waals surface area contributed by atoms with Gasteiger partial charge in [0.2, 0.25) is 5.13 Å². The molecule has 26 heavy (non-hydrogen) atoms. The molecule has 1 aliphatic rings. The Bertz CT molecular complexity index is 733. The van der Waals surface area contributed by atoms with Crippen LogP contribution in [-0.4, -0.2) is 54.2 Å². The van der Waals surface area contributed by atoms with Crippen molar-refractivity contribution in [3.8, 4) is 0 Å². The van der Waals surface area contributed by atoms with E-state index in [4.69, 9.17) is 4.74 Å². The smallest absolute Gasteiger partial charge is 0.319 e. The summed E-state index contributed by atoms with van der Waals surface area (Å²) in [6.07, 6.45) is 0. The Balaban J connectivity index is 1.54. The molecule has 0 saturated carbocycles. The quantitative estimate of drug-likeness (QED) is 0.549. The van der Waals surface area contributed by atoms with E-state index in [1.54, 1.807) is 6.92 Å². The van der Waals surface area contributed by atoms with Gasteiger partial charge >= 0.3 is 5.97 Å². The molecule has 0 bridgehead atoms. The summed E-state index contributed by atoms with van der Waals surface area (Å²) in [5, 5.41) is 9.01. The zero-order chi connectivity index (χ0) is 18.5. The number of nitrogens with zero attached hydrogens (tertiary/aromatic N) is 4. The molecule has 1 saturated heterocycles. The minimum Gasteiger partial charge on any atom is -0.465 e. The molecule has 0 aliphatic carbocycles. The second-order valence-electron chi connectivity index (χ2n) is 5.81. The molecule has 1 aromatic carbocycles. The average Bonchev–Trinajstić information content (AvgIpc) is 3.11. The summed E-state index contributed by atoms with van der Waals surface area (Å²) in [6, 6.07) is 6.59. The molecule has 2 aromatic rings. The highest BCUT2D eigenvalue weighted by Gasteiger charge is 2.22. The summed E-state index contributed by atoms with van der Waals surface area (Å²) >= 11 is 2.87. The van der Waals surface area contributed by atoms with E-state index in [0.29, 0.717) is 6.61 Å². The van der Waals surface area contributed by atoms with Crippen LogP contribution in [0.15, 0.2) is 28.6 Å². The second kappa shape index (κ2) is 8.68. The van der Waals surface area contributed by atoms with Gasteiger partial charge in [0.25, 0.3) is 0 Å². The normalized spacial score (nSPS) is 15.8. The van der Waals surface area contributed by atoms with Gasteiger partial charge in [-0.05, 0) is 38.1 Å². The molecular formula is C17H21FN4O2S2. The van der Waals surface area contributed by atoms with Gasteiger partial charge in [0.1, 0.15) is 11.1 Å². The van der Waals surface area contributed by atoms with Gasteiger partial charge in [0.15, 0.2) is 4.34 Å². The highest BCUT2D eigenvalue weighted by atomic mass is 32.2. The largest absolute Gasteiger partial charge is 0.465 e. The molecule has 0 amide bonds.